The van der Waals surface area contributed by atoms with Gasteiger partial charge in [-0.15, -0.1) is 0 Å². The highest BCUT2D eigenvalue weighted by molar-refractivity contribution is 7.86. The predicted octanol–water partition coefficient (Wildman–Crippen LogP) is 8.74. The van der Waals surface area contributed by atoms with E-state index in [4.69, 9.17) is 4.18 Å². The van der Waals surface area contributed by atoms with Gasteiger partial charge >= 0.3 is 0 Å². The minimum atomic E-state index is -3.35. The van der Waals surface area contributed by atoms with Crippen LogP contribution in [0.3, 0.4) is 0 Å². The summed E-state index contributed by atoms with van der Waals surface area (Å²) in [6.07, 6.45) is 25.8. The maximum Gasteiger partial charge on any atom is 0.267 e. The lowest BCUT2D eigenvalue weighted by molar-refractivity contribution is 0.305. The van der Waals surface area contributed by atoms with Crippen molar-refractivity contribution in [1.29, 1.82) is 0 Å². The molecule has 0 bridgehead atoms. The molecule has 0 atom stereocenters. The van der Waals surface area contributed by atoms with Crippen LogP contribution in [0, 0.1) is 0 Å². The predicted molar refractivity (Wildman–Crippen MR) is 148 cm³/mol. The first-order valence-electron chi connectivity index (χ1n) is 14.6. The summed E-state index contributed by atoms with van der Waals surface area (Å²) in [5, 5.41) is 2.75. The van der Waals surface area contributed by atoms with Crippen molar-refractivity contribution in [2.45, 2.75) is 148 Å². The minimum absolute atomic E-state index is 0.146. The van der Waals surface area contributed by atoms with Crippen molar-refractivity contribution in [3.63, 3.8) is 0 Å². The number of nitrogens with one attached hydrogen (secondary N) is 1. The SMILES string of the molecule is CCCCCCCCCCCCCCCCOS(=O)(=O)CCCCCCCCCCF.CNC. The van der Waals surface area contributed by atoms with Gasteiger partial charge < -0.3 is 5.32 Å². The van der Waals surface area contributed by atoms with E-state index in [-0.39, 0.29) is 12.4 Å². The van der Waals surface area contributed by atoms with Gasteiger partial charge in [-0.2, -0.15) is 8.42 Å². The fraction of sp³-hybridized carbons (Fsp3) is 1.00. The van der Waals surface area contributed by atoms with Gasteiger partial charge in [0.05, 0.1) is 19.0 Å². The molecule has 34 heavy (non-hydrogen) atoms. The number of unbranched alkanes of at least 4 members (excludes halogenated alkanes) is 20. The maximum atomic E-state index is 12.0. The molecule has 6 heteroatoms. The summed E-state index contributed by atoms with van der Waals surface area (Å²) in [7, 11) is 0.404. The first-order chi connectivity index (χ1) is 16.5. The molecular weight excluding hydrogens is 449 g/mol. The number of hydrogen-bond donors (Lipinski definition) is 1. The van der Waals surface area contributed by atoms with Gasteiger partial charge in [-0.3, -0.25) is 8.57 Å². The molecule has 0 unspecified atom stereocenters. The molecule has 208 valence electrons. The Morgan fingerprint density at radius 3 is 1.26 bits per heavy atom. The van der Waals surface area contributed by atoms with E-state index in [1.807, 2.05) is 14.1 Å². The summed E-state index contributed by atoms with van der Waals surface area (Å²) in [5.74, 6) is 0.146. The second kappa shape index (κ2) is 30.8. The zero-order valence-electron chi connectivity index (χ0n) is 23.2. The highest BCUT2D eigenvalue weighted by Crippen LogP contribution is 2.14. The first kappa shape index (κ1) is 36.0. The zero-order chi connectivity index (χ0) is 25.6. The van der Waals surface area contributed by atoms with E-state index in [1.165, 1.54) is 77.0 Å². The van der Waals surface area contributed by atoms with Gasteiger partial charge in [0.2, 0.25) is 0 Å². The Morgan fingerprint density at radius 1 is 0.559 bits per heavy atom. The highest BCUT2D eigenvalue weighted by Gasteiger charge is 2.10. The molecule has 0 aliphatic rings. The van der Waals surface area contributed by atoms with Crippen LogP contribution in [0.4, 0.5) is 4.39 Å². The monoisotopic (exact) mass is 509 g/mol. The minimum Gasteiger partial charge on any atom is -0.323 e. The molecule has 0 saturated heterocycles. The van der Waals surface area contributed by atoms with Crippen LogP contribution < -0.4 is 5.32 Å². The molecule has 0 radical (unpaired) electrons. The molecule has 4 nitrogen and oxygen atoms in total. The van der Waals surface area contributed by atoms with Crippen LogP contribution in [-0.2, 0) is 14.3 Å². The van der Waals surface area contributed by atoms with Gasteiger partial charge in [0.1, 0.15) is 0 Å². The molecule has 0 heterocycles. The van der Waals surface area contributed by atoms with Crippen molar-refractivity contribution < 1.29 is 17.0 Å². The molecule has 0 aromatic carbocycles. The normalized spacial score (nSPS) is 11.4. The molecule has 0 amide bonds. The second-order valence-electron chi connectivity index (χ2n) is 9.70. The third-order valence-electron chi connectivity index (χ3n) is 6.04. The summed E-state index contributed by atoms with van der Waals surface area (Å²) in [4.78, 5) is 0. The Bertz CT molecular complexity index is 461. The molecule has 0 aromatic rings. The summed E-state index contributed by atoms with van der Waals surface area (Å²) in [6, 6.07) is 0. The largest absolute Gasteiger partial charge is 0.323 e. The highest BCUT2D eigenvalue weighted by atomic mass is 32.2. The molecule has 0 aliphatic carbocycles. The number of alkyl halides is 1. The molecule has 0 saturated carbocycles. The average Bonchev–Trinajstić information content (AvgIpc) is 2.81. The molecule has 1 N–H and O–H groups in total. The Morgan fingerprint density at radius 2 is 0.882 bits per heavy atom. The maximum absolute atomic E-state index is 12.0. The summed E-state index contributed by atoms with van der Waals surface area (Å²) in [5.41, 5.74) is 0. The zero-order valence-corrected chi connectivity index (χ0v) is 24.0. The van der Waals surface area contributed by atoms with Gasteiger partial charge in [-0.05, 0) is 33.4 Å². The van der Waals surface area contributed by atoms with E-state index < -0.39 is 10.1 Å². The first-order valence-corrected chi connectivity index (χ1v) is 16.1. The van der Waals surface area contributed by atoms with Crippen LogP contribution in [0.1, 0.15) is 148 Å². The lowest BCUT2D eigenvalue weighted by atomic mass is 10.0. The smallest absolute Gasteiger partial charge is 0.267 e. The Balaban J connectivity index is 0. The van der Waals surface area contributed by atoms with Gasteiger partial charge in [0.15, 0.2) is 0 Å². The van der Waals surface area contributed by atoms with Crippen molar-refractivity contribution in [3.05, 3.63) is 0 Å². The van der Waals surface area contributed by atoms with E-state index in [2.05, 4.69) is 12.2 Å². The molecule has 0 rings (SSSR count). The van der Waals surface area contributed by atoms with Crippen molar-refractivity contribution in [2.75, 3.05) is 33.1 Å². The molecule has 0 aliphatic heterocycles. The second-order valence-corrected chi connectivity index (χ2v) is 11.5. The van der Waals surface area contributed by atoms with Gasteiger partial charge in [-0.1, -0.05) is 129 Å². The third-order valence-corrected chi connectivity index (χ3v) is 7.35. The third kappa shape index (κ3) is 34.0. The Labute approximate surface area is 213 Å². The lowest BCUT2D eigenvalue weighted by Gasteiger charge is -2.06. The Kier molecular flexibility index (Phi) is 32.6. The Hall–Kier alpha value is -0.200. The number of hydrogen-bond acceptors (Lipinski definition) is 4. The van der Waals surface area contributed by atoms with Crippen molar-refractivity contribution in [1.82, 2.24) is 5.32 Å². The van der Waals surface area contributed by atoms with Crippen LogP contribution in [0.2, 0.25) is 0 Å². The van der Waals surface area contributed by atoms with E-state index >= 15 is 0 Å². The van der Waals surface area contributed by atoms with Crippen LogP contribution in [0.5, 0.6) is 0 Å². The van der Waals surface area contributed by atoms with Crippen molar-refractivity contribution in [2.24, 2.45) is 0 Å². The van der Waals surface area contributed by atoms with Crippen molar-refractivity contribution in [3.8, 4) is 0 Å². The molecular formula is C28H60FNO3S. The number of halogens is 1. The lowest BCUT2D eigenvalue weighted by Crippen LogP contribution is -2.11. The van der Waals surface area contributed by atoms with Crippen LogP contribution in [0.25, 0.3) is 0 Å². The standard InChI is InChI=1S/C26H53FO3S.C2H7N/c1-2-3-4-5-6-7-8-9-10-11-13-16-19-22-25-30-31(28,29)26-23-20-17-14-12-15-18-21-24-27;1-3-2/h2-26H2,1H3;3H,1-2H3. The molecule has 0 fully saturated rings. The summed E-state index contributed by atoms with van der Waals surface area (Å²) in [6.45, 7) is 2.40. The van der Waals surface area contributed by atoms with Crippen LogP contribution in [0.15, 0.2) is 0 Å². The topological polar surface area (TPSA) is 55.4 Å². The van der Waals surface area contributed by atoms with E-state index in [0.29, 0.717) is 19.4 Å². The summed E-state index contributed by atoms with van der Waals surface area (Å²) >= 11 is 0. The molecule has 0 aromatic heterocycles. The van der Waals surface area contributed by atoms with Gasteiger partial charge in [-0.25, -0.2) is 0 Å². The van der Waals surface area contributed by atoms with Gasteiger partial charge in [0.25, 0.3) is 10.1 Å². The van der Waals surface area contributed by atoms with Gasteiger partial charge in [0, 0.05) is 0 Å². The average molecular weight is 510 g/mol. The van der Waals surface area contributed by atoms with E-state index in [0.717, 1.165) is 51.4 Å². The van der Waals surface area contributed by atoms with E-state index in [1.54, 1.807) is 0 Å². The fourth-order valence-corrected chi connectivity index (χ4v) is 5.02. The fourth-order valence-electron chi connectivity index (χ4n) is 3.98. The van der Waals surface area contributed by atoms with Crippen molar-refractivity contribution >= 4 is 10.1 Å². The molecule has 0 spiro atoms. The van der Waals surface area contributed by atoms with Crippen LogP contribution >= 0.6 is 0 Å². The quantitative estimate of drug-likeness (QED) is 0.0935. The van der Waals surface area contributed by atoms with Crippen LogP contribution in [-0.4, -0.2) is 41.5 Å². The number of rotatable bonds is 26. The summed E-state index contributed by atoms with van der Waals surface area (Å²) < 4.78 is 40.9. The van der Waals surface area contributed by atoms with E-state index in [9.17, 15) is 12.8 Å².